The largest absolute Gasteiger partial charge is 0.477 e. The molecule has 1 aromatic carbocycles. The fraction of sp³-hybridized carbons (Fsp3) is 0.0714. The summed E-state index contributed by atoms with van der Waals surface area (Å²) in [5.74, 6) is -0.892. The number of benzene rings is 1. The number of carbonyl (C=O) groups is 1. The van der Waals surface area contributed by atoms with Crippen molar-refractivity contribution < 1.29 is 18.7 Å². The quantitative estimate of drug-likeness (QED) is 0.775. The number of nitrogens with zero attached hydrogens (tertiary/aromatic N) is 2. The number of rotatable bonds is 3. The Hall–Kier alpha value is -2.83. The lowest BCUT2D eigenvalue weighted by atomic mass is 10.1. The van der Waals surface area contributed by atoms with E-state index in [-0.39, 0.29) is 17.2 Å². The number of hydrogen-bond acceptors (Lipinski definition) is 3. The molecule has 0 unspecified atom stereocenters. The maximum atomic E-state index is 12.6. The Bertz CT molecular complexity index is 830. The number of nitrogens with one attached hydrogen (secondary N) is 1. The van der Waals surface area contributed by atoms with Gasteiger partial charge in [-0.2, -0.15) is 0 Å². The maximum absolute atomic E-state index is 12.6. The third-order valence-corrected chi connectivity index (χ3v) is 3.01. The predicted molar refractivity (Wildman–Crippen MR) is 71.2 cm³/mol. The average Bonchev–Trinajstić information content (AvgIpc) is 2.90. The molecule has 0 aliphatic heterocycles. The Balaban J connectivity index is 2.08. The van der Waals surface area contributed by atoms with Crippen LogP contribution in [0.15, 0.2) is 36.5 Å². The minimum Gasteiger partial charge on any atom is -0.477 e. The van der Waals surface area contributed by atoms with Crippen LogP contribution < -0.4 is 0 Å². The van der Waals surface area contributed by atoms with Gasteiger partial charge in [-0.25, -0.2) is 23.5 Å². The number of hydrogen-bond donors (Lipinski definition) is 2. The molecule has 0 spiro atoms. The topological polar surface area (TPSA) is 78.9 Å². The van der Waals surface area contributed by atoms with E-state index in [9.17, 15) is 13.6 Å². The molecule has 2 aromatic heterocycles. The standard InChI is InChI=1S/C14H9F2N3O2/c15-12(16)10-3-4-17-13(19-10)7-1-2-9-8(5-7)6-11(18-9)14(20)21/h1-6,12,18H,(H,20,21). The van der Waals surface area contributed by atoms with E-state index in [0.29, 0.717) is 16.5 Å². The van der Waals surface area contributed by atoms with Crippen molar-refractivity contribution in [1.82, 2.24) is 15.0 Å². The van der Waals surface area contributed by atoms with E-state index in [1.807, 2.05) is 0 Å². The highest BCUT2D eigenvalue weighted by Gasteiger charge is 2.12. The molecule has 0 saturated heterocycles. The van der Waals surface area contributed by atoms with Gasteiger partial charge in [-0.1, -0.05) is 0 Å². The second-order valence-corrected chi connectivity index (χ2v) is 4.40. The van der Waals surface area contributed by atoms with Crippen LogP contribution in [0.4, 0.5) is 8.78 Å². The third-order valence-electron chi connectivity index (χ3n) is 3.01. The van der Waals surface area contributed by atoms with Gasteiger partial charge in [0, 0.05) is 22.7 Å². The molecule has 106 valence electrons. The van der Waals surface area contributed by atoms with Gasteiger partial charge in [0.1, 0.15) is 11.4 Å². The third kappa shape index (κ3) is 2.45. The number of halogens is 2. The normalized spacial score (nSPS) is 11.2. The zero-order valence-electron chi connectivity index (χ0n) is 10.5. The lowest BCUT2D eigenvalue weighted by molar-refractivity contribution is 0.0691. The van der Waals surface area contributed by atoms with Gasteiger partial charge in [-0.3, -0.25) is 0 Å². The summed E-state index contributed by atoms with van der Waals surface area (Å²) < 4.78 is 25.3. The molecular weight excluding hydrogens is 280 g/mol. The molecule has 0 fully saturated rings. The summed E-state index contributed by atoms with van der Waals surface area (Å²) in [6.45, 7) is 0. The molecule has 0 saturated carbocycles. The van der Waals surface area contributed by atoms with Crippen molar-refractivity contribution in [3.63, 3.8) is 0 Å². The van der Waals surface area contributed by atoms with Gasteiger partial charge in [-0.05, 0) is 30.3 Å². The minimum absolute atomic E-state index is 0.0596. The average molecular weight is 289 g/mol. The van der Waals surface area contributed by atoms with Gasteiger partial charge in [0.2, 0.25) is 0 Å². The minimum atomic E-state index is -2.67. The first-order valence-corrected chi connectivity index (χ1v) is 6.02. The summed E-state index contributed by atoms with van der Waals surface area (Å²) in [6, 6.07) is 7.59. The summed E-state index contributed by atoms with van der Waals surface area (Å²) in [4.78, 5) is 21.4. The summed E-state index contributed by atoms with van der Waals surface area (Å²) in [5, 5.41) is 9.58. The fourth-order valence-corrected chi connectivity index (χ4v) is 2.02. The van der Waals surface area contributed by atoms with Crippen LogP contribution in [0.5, 0.6) is 0 Å². The number of aromatic nitrogens is 3. The van der Waals surface area contributed by atoms with E-state index < -0.39 is 12.4 Å². The molecule has 0 atom stereocenters. The van der Waals surface area contributed by atoms with E-state index in [4.69, 9.17) is 5.11 Å². The molecule has 21 heavy (non-hydrogen) atoms. The molecule has 0 aliphatic rings. The van der Waals surface area contributed by atoms with E-state index in [2.05, 4.69) is 15.0 Å². The Morgan fingerprint density at radius 3 is 2.76 bits per heavy atom. The molecule has 2 heterocycles. The summed E-state index contributed by atoms with van der Waals surface area (Å²) >= 11 is 0. The number of H-pyrrole nitrogens is 1. The van der Waals surface area contributed by atoms with Crippen LogP contribution >= 0.6 is 0 Å². The maximum Gasteiger partial charge on any atom is 0.352 e. The highest BCUT2D eigenvalue weighted by Crippen LogP contribution is 2.24. The molecular formula is C14H9F2N3O2. The molecule has 3 rings (SSSR count). The molecule has 3 aromatic rings. The molecule has 0 amide bonds. The number of aromatic amines is 1. The predicted octanol–water partition coefficient (Wildman–Crippen LogP) is 3.26. The van der Waals surface area contributed by atoms with Gasteiger partial charge >= 0.3 is 5.97 Å². The van der Waals surface area contributed by atoms with Gasteiger partial charge < -0.3 is 10.1 Å². The lowest BCUT2D eigenvalue weighted by Crippen LogP contribution is -1.95. The Morgan fingerprint density at radius 2 is 2.05 bits per heavy atom. The molecule has 0 radical (unpaired) electrons. The fourth-order valence-electron chi connectivity index (χ4n) is 2.02. The summed E-state index contributed by atoms with van der Waals surface area (Å²) in [6.07, 6.45) is -1.39. The van der Waals surface area contributed by atoms with E-state index >= 15 is 0 Å². The first kappa shape index (κ1) is 13.2. The number of aromatic carboxylic acids is 1. The van der Waals surface area contributed by atoms with Crippen LogP contribution in [0.3, 0.4) is 0 Å². The molecule has 5 nitrogen and oxygen atoms in total. The number of carboxylic acids is 1. The van der Waals surface area contributed by atoms with Crippen molar-refractivity contribution in [2.75, 3.05) is 0 Å². The van der Waals surface area contributed by atoms with Crippen LogP contribution in [0, 0.1) is 0 Å². The van der Waals surface area contributed by atoms with Crippen LogP contribution in [0.1, 0.15) is 22.6 Å². The number of alkyl halides is 2. The summed E-state index contributed by atoms with van der Waals surface area (Å²) in [5.41, 5.74) is 0.895. The van der Waals surface area contributed by atoms with Crippen molar-refractivity contribution >= 4 is 16.9 Å². The van der Waals surface area contributed by atoms with E-state index in [1.165, 1.54) is 12.3 Å². The van der Waals surface area contributed by atoms with E-state index in [1.54, 1.807) is 18.2 Å². The zero-order valence-corrected chi connectivity index (χ0v) is 10.5. The van der Waals surface area contributed by atoms with Crippen molar-refractivity contribution in [1.29, 1.82) is 0 Å². The Labute approximate surface area is 117 Å². The van der Waals surface area contributed by atoms with Crippen LogP contribution in [0.2, 0.25) is 0 Å². The summed E-state index contributed by atoms with van der Waals surface area (Å²) in [7, 11) is 0. The zero-order chi connectivity index (χ0) is 15.0. The van der Waals surface area contributed by atoms with Crippen molar-refractivity contribution in [3.05, 3.63) is 47.9 Å². The van der Waals surface area contributed by atoms with Crippen molar-refractivity contribution in [3.8, 4) is 11.4 Å². The smallest absolute Gasteiger partial charge is 0.352 e. The monoisotopic (exact) mass is 289 g/mol. The second-order valence-electron chi connectivity index (χ2n) is 4.40. The highest BCUT2D eigenvalue weighted by atomic mass is 19.3. The molecule has 2 N–H and O–H groups in total. The van der Waals surface area contributed by atoms with Gasteiger partial charge in [0.15, 0.2) is 5.82 Å². The first-order valence-electron chi connectivity index (χ1n) is 6.02. The van der Waals surface area contributed by atoms with Crippen LogP contribution in [-0.2, 0) is 0 Å². The molecule has 7 heteroatoms. The van der Waals surface area contributed by atoms with Gasteiger partial charge in [0.25, 0.3) is 6.43 Å². The Kier molecular flexibility index (Phi) is 3.09. The van der Waals surface area contributed by atoms with E-state index in [0.717, 1.165) is 6.07 Å². The van der Waals surface area contributed by atoms with Crippen LogP contribution in [0.25, 0.3) is 22.3 Å². The van der Waals surface area contributed by atoms with Gasteiger partial charge in [0.05, 0.1) is 0 Å². The molecule has 0 aliphatic carbocycles. The number of carboxylic acid groups (broad SMARTS) is 1. The highest BCUT2D eigenvalue weighted by molar-refractivity contribution is 5.94. The van der Waals surface area contributed by atoms with Crippen molar-refractivity contribution in [2.45, 2.75) is 6.43 Å². The first-order chi connectivity index (χ1) is 10.0. The Morgan fingerprint density at radius 1 is 1.24 bits per heavy atom. The lowest BCUT2D eigenvalue weighted by Gasteiger charge is -2.03. The van der Waals surface area contributed by atoms with Crippen LogP contribution in [-0.4, -0.2) is 26.0 Å². The van der Waals surface area contributed by atoms with Crippen molar-refractivity contribution in [2.24, 2.45) is 0 Å². The molecule has 0 bridgehead atoms. The SMILES string of the molecule is O=C(O)c1cc2cc(-c3nccc(C(F)F)n3)ccc2[nH]1. The number of fused-ring (bicyclic) bond motifs is 1. The second kappa shape index (κ2) is 4.93. The van der Waals surface area contributed by atoms with Gasteiger partial charge in [-0.15, -0.1) is 0 Å².